The molecular weight excluding hydrogens is 352 g/mol. The van der Waals surface area contributed by atoms with Gasteiger partial charge in [-0.25, -0.2) is 4.98 Å². The smallest absolute Gasteiger partial charge is 0.313 e. The van der Waals surface area contributed by atoms with Crippen molar-refractivity contribution in [3.63, 3.8) is 0 Å². The lowest BCUT2D eigenvalue weighted by atomic mass is 9.96. The fourth-order valence-corrected chi connectivity index (χ4v) is 3.02. The fraction of sp³-hybridized carbons (Fsp3) is 0.400. The Labute approximate surface area is 136 Å². The number of carboxylic acid groups (broad SMARTS) is 1. The molecule has 0 aliphatic carbocycles. The molecule has 0 bridgehead atoms. The van der Waals surface area contributed by atoms with Crippen molar-refractivity contribution in [1.29, 1.82) is 0 Å². The van der Waals surface area contributed by atoms with Gasteiger partial charge in [-0.05, 0) is 35.6 Å². The number of aliphatic carboxylic acids is 1. The molecule has 6 heteroatoms. The second-order valence-corrected chi connectivity index (χ2v) is 7.63. The average molecular weight is 369 g/mol. The van der Waals surface area contributed by atoms with Crippen LogP contribution in [-0.4, -0.2) is 20.4 Å². The summed E-state index contributed by atoms with van der Waals surface area (Å²) in [7, 11) is 0. The summed E-state index contributed by atoms with van der Waals surface area (Å²) in [6.45, 7) is 6.05. The zero-order valence-electron chi connectivity index (χ0n) is 12.1. The van der Waals surface area contributed by atoms with Crippen LogP contribution in [0.3, 0.4) is 0 Å². The molecule has 0 aliphatic rings. The predicted octanol–water partition coefficient (Wildman–Crippen LogP) is 4.01. The van der Waals surface area contributed by atoms with Crippen LogP contribution in [0, 0.1) is 0 Å². The Morgan fingerprint density at radius 2 is 1.95 bits per heavy atom. The van der Waals surface area contributed by atoms with Crippen LogP contribution in [-0.2, 0) is 16.6 Å². The van der Waals surface area contributed by atoms with Crippen LogP contribution in [0.25, 0.3) is 0 Å². The molecule has 0 saturated heterocycles. The summed E-state index contributed by atoms with van der Waals surface area (Å²) in [6, 6.07) is 7.67. The number of hydrogen-bond acceptors (Lipinski definition) is 4. The van der Waals surface area contributed by atoms with Crippen LogP contribution in [0.5, 0.6) is 0 Å². The summed E-state index contributed by atoms with van der Waals surface area (Å²) in [5, 5.41) is 10.0. The quantitative estimate of drug-likeness (QED) is 0.885. The van der Waals surface area contributed by atoms with E-state index in [1.165, 1.54) is 11.5 Å². The van der Waals surface area contributed by atoms with Gasteiger partial charge in [-0.15, -0.1) is 0 Å². The van der Waals surface area contributed by atoms with Gasteiger partial charge in [0.25, 0.3) is 0 Å². The summed E-state index contributed by atoms with van der Waals surface area (Å²) in [5.41, 5.74) is 0.799. The van der Waals surface area contributed by atoms with E-state index in [1.54, 1.807) is 0 Å². The van der Waals surface area contributed by atoms with Gasteiger partial charge in [-0.1, -0.05) is 48.8 Å². The zero-order valence-corrected chi connectivity index (χ0v) is 14.5. The second kappa shape index (κ2) is 6.23. The molecule has 1 atom stereocenters. The maximum atomic E-state index is 11.6. The fourth-order valence-electron chi connectivity index (χ4n) is 1.82. The number of benzene rings is 1. The minimum Gasteiger partial charge on any atom is -0.481 e. The van der Waals surface area contributed by atoms with Gasteiger partial charge in [0.1, 0.15) is 16.7 Å². The highest BCUT2D eigenvalue weighted by molar-refractivity contribution is 9.10. The Bertz CT molecular complexity index is 632. The first-order chi connectivity index (χ1) is 9.77. The van der Waals surface area contributed by atoms with Crippen molar-refractivity contribution in [3.8, 4) is 0 Å². The summed E-state index contributed by atoms with van der Waals surface area (Å²) in [6.07, 6.45) is 0.418. The molecular formula is C15H17BrN2O2S. The first kappa shape index (κ1) is 16.1. The lowest BCUT2D eigenvalue weighted by Crippen LogP contribution is -2.16. The SMILES string of the molecule is CC(C)(C)c1nsc(C(Cc2ccc(Br)cc2)C(=O)O)n1. The number of rotatable bonds is 4. The summed E-state index contributed by atoms with van der Waals surface area (Å²) in [5.74, 6) is -0.821. The summed E-state index contributed by atoms with van der Waals surface area (Å²) >= 11 is 4.56. The van der Waals surface area contributed by atoms with Crippen LogP contribution >= 0.6 is 27.5 Å². The maximum absolute atomic E-state index is 11.6. The first-order valence-electron chi connectivity index (χ1n) is 6.58. The van der Waals surface area contributed by atoms with E-state index < -0.39 is 11.9 Å². The van der Waals surface area contributed by atoms with E-state index in [-0.39, 0.29) is 5.41 Å². The lowest BCUT2D eigenvalue weighted by Gasteiger charge is -2.13. The van der Waals surface area contributed by atoms with E-state index in [4.69, 9.17) is 0 Å². The van der Waals surface area contributed by atoms with Crippen LogP contribution in [0.15, 0.2) is 28.7 Å². The molecule has 0 aliphatic heterocycles. The molecule has 0 fully saturated rings. The van der Waals surface area contributed by atoms with Crippen molar-refractivity contribution in [2.75, 3.05) is 0 Å². The Balaban J connectivity index is 2.25. The topological polar surface area (TPSA) is 63.1 Å². The lowest BCUT2D eigenvalue weighted by molar-refractivity contribution is -0.138. The normalized spacial score (nSPS) is 13.1. The van der Waals surface area contributed by atoms with Gasteiger partial charge in [0.15, 0.2) is 0 Å². The summed E-state index contributed by atoms with van der Waals surface area (Å²) < 4.78 is 5.28. The number of carboxylic acids is 1. The van der Waals surface area contributed by atoms with Crippen molar-refractivity contribution < 1.29 is 9.90 Å². The first-order valence-corrected chi connectivity index (χ1v) is 8.15. The molecule has 1 N–H and O–H groups in total. The molecule has 0 spiro atoms. The van der Waals surface area contributed by atoms with E-state index in [1.807, 2.05) is 45.0 Å². The van der Waals surface area contributed by atoms with Crippen LogP contribution in [0.1, 0.15) is 43.1 Å². The molecule has 0 amide bonds. The van der Waals surface area contributed by atoms with E-state index in [9.17, 15) is 9.90 Å². The van der Waals surface area contributed by atoms with Gasteiger partial charge in [0, 0.05) is 9.89 Å². The van der Waals surface area contributed by atoms with Crippen molar-refractivity contribution in [2.45, 2.75) is 38.5 Å². The molecule has 0 radical (unpaired) electrons. The highest BCUT2D eigenvalue weighted by atomic mass is 79.9. The van der Waals surface area contributed by atoms with Gasteiger partial charge in [-0.3, -0.25) is 4.79 Å². The number of halogens is 1. The molecule has 2 aromatic rings. The van der Waals surface area contributed by atoms with Crippen LogP contribution < -0.4 is 0 Å². The standard InChI is InChI=1S/C15H17BrN2O2S/c1-15(2,3)14-17-12(21-18-14)11(13(19)20)8-9-4-6-10(16)7-5-9/h4-7,11H,8H2,1-3H3,(H,19,20). The van der Waals surface area contributed by atoms with Crippen molar-refractivity contribution in [3.05, 3.63) is 45.1 Å². The molecule has 21 heavy (non-hydrogen) atoms. The third kappa shape index (κ3) is 4.11. The van der Waals surface area contributed by atoms with Crippen molar-refractivity contribution >= 4 is 33.4 Å². The minimum absolute atomic E-state index is 0.171. The number of hydrogen-bond donors (Lipinski definition) is 1. The van der Waals surface area contributed by atoms with Gasteiger partial charge in [0.2, 0.25) is 0 Å². The molecule has 1 heterocycles. The van der Waals surface area contributed by atoms with Gasteiger partial charge in [0.05, 0.1) is 0 Å². The monoisotopic (exact) mass is 368 g/mol. The number of carbonyl (C=O) groups is 1. The van der Waals surface area contributed by atoms with Gasteiger partial charge >= 0.3 is 5.97 Å². The molecule has 2 rings (SSSR count). The Morgan fingerprint density at radius 1 is 1.33 bits per heavy atom. The number of nitrogens with zero attached hydrogens (tertiary/aromatic N) is 2. The van der Waals surface area contributed by atoms with Gasteiger partial charge < -0.3 is 5.11 Å². The maximum Gasteiger partial charge on any atom is 0.313 e. The highest BCUT2D eigenvalue weighted by Crippen LogP contribution is 2.27. The van der Waals surface area contributed by atoms with E-state index in [0.717, 1.165) is 10.0 Å². The molecule has 0 saturated carbocycles. The van der Waals surface area contributed by atoms with E-state index in [2.05, 4.69) is 25.3 Å². The van der Waals surface area contributed by atoms with Crippen molar-refractivity contribution in [1.82, 2.24) is 9.36 Å². The predicted molar refractivity (Wildman–Crippen MR) is 86.8 cm³/mol. The van der Waals surface area contributed by atoms with Gasteiger partial charge in [-0.2, -0.15) is 4.37 Å². The molecule has 1 aromatic heterocycles. The Morgan fingerprint density at radius 3 is 2.43 bits per heavy atom. The van der Waals surface area contributed by atoms with E-state index >= 15 is 0 Å². The summed E-state index contributed by atoms with van der Waals surface area (Å²) in [4.78, 5) is 16.0. The van der Waals surface area contributed by atoms with Crippen LogP contribution in [0.4, 0.5) is 0 Å². The van der Waals surface area contributed by atoms with Crippen LogP contribution in [0.2, 0.25) is 0 Å². The third-order valence-corrected chi connectivity index (χ3v) is 4.42. The van der Waals surface area contributed by atoms with Crippen molar-refractivity contribution in [2.24, 2.45) is 0 Å². The Kier molecular flexibility index (Phi) is 4.78. The van der Waals surface area contributed by atoms with E-state index in [0.29, 0.717) is 17.3 Å². The molecule has 4 nitrogen and oxygen atoms in total. The second-order valence-electron chi connectivity index (χ2n) is 5.93. The highest BCUT2D eigenvalue weighted by Gasteiger charge is 2.27. The zero-order chi connectivity index (χ0) is 15.6. The molecule has 1 aromatic carbocycles. The Hall–Kier alpha value is -1.27. The third-order valence-electron chi connectivity index (χ3n) is 3.06. The molecule has 1 unspecified atom stereocenters. The minimum atomic E-state index is -0.866. The average Bonchev–Trinajstić information content (AvgIpc) is 2.87. The largest absolute Gasteiger partial charge is 0.481 e. The molecule has 112 valence electrons. The number of aromatic nitrogens is 2.